The summed E-state index contributed by atoms with van der Waals surface area (Å²) in [7, 11) is 0. The fourth-order valence-corrected chi connectivity index (χ4v) is 1.60. The maximum atomic E-state index is 11.6. The van der Waals surface area contributed by atoms with E-state index >= 15 is 0 Å². The van der Waals surface area contributed by atoms with Gasteiger partial charge in [-0.05, 0) is 25.5 Å². The molecule has 17 heavy (non-hydrogen) atoms. The summed E-state index contributed by atoms with van der Waals surface area (Å²) < 4.78 is 10.4. The molecule has 5 heteroatoms. The number of rotatable bonds is 5. The molecule has 94 valence electrons. The van der Waals surface area contributed by atoms with Gasteiger partial charge in [-0.15, -0.1) is 0 Å². The lowest BCUT2D eigenvalue weighted by molar-refractivity contribution is -0.151. The fourth-order valence-electron chi connectivity index (χ4n) is 1.26. The van der Waals surface area contributed by atoms with Crippen LogP contribution in [0.5, 0.6) is 5.75 Å². The number of esters is 1. The van der Waals surface area contributed by atoms with Crippen LogP contribution in [0, 0.1) is 0 Å². The normalized spacial score (nSPS) is 12.0. The third-order valence-electron chi connectivity index (χ3n) is 2.11. The molecule has 1 aromatic carbocycles. The lowest BCUT2D eigenvalue weighted by atomic mass is 10.2. The SMILES string of the molecule is CCOC(=O)[C@@H](CC)Oc1cccc(Cl)c1Cl. The fraction of sp³-hybridized carbons (Fsp3) is 0.417. The Balaban J connectivity index is 2.80. The summed E-state index contributed by atoms with van der Waals surface area (Å²) >= 11 is 11.8. The summed E-state index contributed by atoms with van der Waals surface area (Å²) in [4.78, 5) is 11.6. The summed E-state index contributed by atoms with van der Waals surface area (Å²) in [5.41, 5.74) is 0. The Morgan fingerprint density at radius 1 is 1.35 bits per heavy atom. The maximum Gasteiger partial charge on any atom is 0.347 e. The van der Waals surface area contributed by atoms with Crippen LogP contribution in [-0.2, 0) is 9.53 Å². The number of benzene rings is 1. The Hall–Kier alpha value is -0.930. The Morgan fingerprint density at radius 3 is 2.65 bits per heavy atom. The van der Waals surface area contributed by atoms with Gasteiger partial charge in [-0.1, -0.05) is 36.2 Å². The second-order valence-corrected chi connectivity index (χ2v) is 4.10. The lowest BCUT2D eigenvalue weighted by Gasteiger charge is -2.17. The first-order chi connectivity index (χ1) is 8.10. The number of halogens is 2. The second-order valence-electron chi connectivity index (χ2n) is 3.32. The monoisotopic (exact) mass is 276 g/mol. The van der Waals surface area contributed by atoms with E-state index in [9.17, 15) is 4.79 Å². The number of hydrogen-bond donors (Lipinski definition) is 0. The van der Waals surface area contributed by atoms with Crippen molar-refractivity contribution < 1.29 is 14.3 Å². The molecular weight excluding hydrogens is 263 g/mol. The predicted octanol–water partition coefficient (Wildman–Crippen LogP) is 3.71. The summed E-state index contributed by atoms with van der Waals surface area (Å²) in [6.45, 7) is 3.90. The Kier molecular flexibility index (Phi) is 5.59. The van der Waals surface area contributed by atoms with Gasteiger partial charge in [0, 0.05) is 0 Å². The second kappa shape index (κ2) is 6.72. The minimum Gasteiger partial charge on any atom is -0.477 e. The molecule has 0 spiro atoms. The minimum absolute atomic E-state index is 0.303. The van der Waals surface area contributed by atoms with E-state index in [1.807, 2.05) is 6.92 Å². The average molecular weight is 277 g/mol. The third-order valence-corrected chi connectivity index (χ3v) is 2.91. The zero-order valence-electron chi connectivity index (χ0n) is 9.70. The van der Waals surface area contributed by atoms with Gasteiger partial charge in [0.05, 0.1) is 11.6 Å². The molecule has 0 heterocycles. The van der Waals surface area contributed by atoms with Crippen molar-refractivity contribution in [1.82, 2.24) is 0 Å². The van der Waals surface area contributed by atoms with Crippen molar-refractivity contribution in [1.29, 1.82) is 0 Å². The molecule has 1 rings (SSSR count). The van der Waals surface area contributed by atoms with Gasteiger partial charge in [0.2, 0.25) is 0 Å². The molecule has 0 aliphatic heterocycles. The van der Waals surface area contributed by atoms with Crippen LogP contribution >= 0.6 is 23.2 Å². The molecule has 0 bridgehead atoms. The van der Waals surface area contributed by atoms with Gasteiger partial charge in [-0.25, -0.2) is 4.79 Å². The predicted molar refractivity (Wildman–Crippen MR) is 67.8 cm³/mol. The Bertz CT molecular complexity index is 393. The molecule has 1 atom stereocenters. The van der Waals surface area contributed by atoms with Gasteiger partial charge in [0.15, 0.2) is 6.10 Å². The molecule has 0 aromatic heterocycles. The van der Waals surface area contributed by atoms with E-state index in [2.05, 4.69) is 0 Å². The summed E-state index contributed by atoms with van der Waals surface area (Å²) in [6, 6.07) is 5.03. The third kappa shape index (κ3) is 3.79. The first-order valence-corrected chi connectivity index (χ1v) is 6.13. The molecule has 0 amide bonds. The van der Waals surface area contributed by atoms with Crippen LogP contribution in [-0.4, -0.2) is 18.7 Å². The molecular formula is C12H14Cl2O3. The van der Waals surface area contributed by atoms with Crippen molar-refractivity contribution in [2.45, 2.75) is 26.4 Å². The molecule has 0 N–H and O–H groups in total. The van der Waals surface area contributed by atoms with E-state index in [-0.39, 0.29) is 0 Å². The van der Waals surface area contributed by atoms with Gasteiger partial charge in [-0.2, -0.15) is 0 Å². The van der Waals surface area contributed by atoms with Gasteiger partial charge in [0.1, 0.15) is 10.8 Å². The van der Waals surface area contributed by atoms with Crippen LogP contribution in [0.4, 0.5) is 0 Å². The van der Waals surface area contributed by atoms with E-state index in [0.29, 0.717) is 28.8 Å². The number of carbonyl (C=O) groups is 1. The van der Waals surface area contributed by atoms with Crippen molar-refractivity contribution in [3.63, 3.8) is 0 Å². The molecule has 0 aliphatic carbocycles. The number of ether oxygens (including phenoxy) is 2. The van der Waals surface area contributed by atoms with E-state index in [0.717, 1.165) is 0 Å². The highest BCUT2D eigenvalue weighted by Crippen LogP contribution is 2.32. The van der Waals surface area contributed by atoms with Gasteiger partial charge >= 0.3 is 5.97 Å². The molecule has 3 nitrogen and oxygen atoms in total. The van der Waals surface area contributed by atoms with Crippen LogP contribution in [0.25, 0.3) is 0 Å². The van der Waals surface area contributed by atoms with E-state index in [1.165, 1.54) is 0 Å². The number of hydrogen-bond acceptors (Lipinski definition) is 3. The highest BCUT2D eigenvalue weighted by molar-refractivity contribution is 6.42. The highest BCUT2D eigenvalue weighted by atomic mass is 35.5. The molecule has 1 aromatic rings. The summed E-state index contributed by atoms with van der Waals surface area (Å²) in [6.07, 6.45) is -0.160. The largest absolute Gasteiger partial charge is 0.477 e. The van der Waals surface area contributed by atoms with Gasteiger partial charge in [0.25, 0.3) is 0 Å². The van der Waals surface area contributed by atoms with Gasteiger partial charge < -0.3 is 9.47 Å². The van der Waals surface area contributed by atoms with Crippen molar-refractivity contribution >= 4 is 29.2 Å². The van der Waals surface area contributed by atoms with Crippen molar-refractivity contribution in [2.24, 2.45) is 0 Å². The molecule has 0 saturated carbocycles. The quantitative estimate of drug-likeness (QED) is 0.769. The molecule has 0 unspecified atom stereocenters. The zero-order valence-corrected chi connectivity index (χ0v) is 11.2. The maximum absolute atomic E-state index is 11.6. The van der Waals surface area contributed by atoms with Crippen LogP contribution in [0.15, 0.2) is 18.2 Å². The smallest absolute Gasteiger partial charge is 0.347 e. The average Bonchev–Trinajstić information content (AvgIpc) is 2.31. The van der Waals surface area contributed by atoms with Crippen LogP contribution in [0.3, 0.4) is 0 Å². The van der Waals surface area contributed by atoms with Crippen molar-refractivity contribution in [3.8, 4) is 5.75 Å². The van der Waals surface area contributed by atoms with Gasteiger partial charge in [-0.3, -0.25) is 0 Å². The Morgan fingerprint density at radius 2 is 2.06 bits per heavy atom. The lowest BCUT2D eigenvalue weighted by Crippen LogP contribution is -2.28. The first kappa shape index (κ1) is 14.1. The topological polar surface area (TPSA) is 35.5 Å². The molecule has 0 fully saturated rings. The minimum atomic E-state index is -0.661. The van der Waals surface area contributed by atoms with E-state index in [1.54, 1.807) is 25.1 Å². The molecule has 0 saturated heterocycles. The summed E-state index contributed by atoms with van der Waals surface area (Å²) in [5, 5.41) is 0.694. The molecule has 0 radical (unpaired) electrons. The van der Waals surface area contributed by atoms with E-state index < -0.39 is 12.1 Å². The van der Waals surface area contributed by atoms with Crippen molar-refractivity contribution in [2.75, 3.05) is 6.61 Å². The van der Waals surface area contributed by atoms with E-state index in [4.69, 9.17) is 32.7 Å². The van der Waals surface area contributed by atoms with Crippen LogP contribution in [0.2, 0.25) is 10.0 Å². The zero-order chi connectivity index (χ0) is 12.8. The molecule has 0 aliphatic rings. The summed E-state index contributed by atoms with van der Waals surface area (Å²) in [5.74, 6) is -0.00916. The van der Waals surface area contributed by atoms with Crippen LogP contribution in [0.1, 0.15) is 20.3 Å². The standard InChI is InChI=1S/C12H14Cl2O3/c1-3-9(12(15)16-4-2)17-10-7-5-6-8(13)11(10)14/h5-7,9H,3-4H2,1-2H3/t9-/m1/s1. The number of carbonyl (C=O) groups excluding carboxylic acids is 1. The van der Waals surface area contributed by atoms with Crippen molar-refractivity contribution in [3.05, 3.63) is 28.2 Å². The highest BCUT2D eigenvalue weighted by Gasteiger charge is 2.21. The first-order valence-electron chi connectivity index (χ1n) is 5.37. The van der Waals surface area contributed by atoms with Crippen LogP contribution < -0.4 is 4.74 Å². The Labute approximate surface area is 111 Å².